The van der Waals surface area contributed by atoms with E-state index in [2.05, 4.69) is 15.6 Å². The Labute approximate surface area is 196 Å². The van der Waals surface area contributed by atoms with E-state index in [0.717, 1.165) is 5.56 Å². The van der Waals surface area contributed by atoms with Gasteiger partial charge in [0.25, 0.3) is 0 Å². The molecule has 0 radical (unpaired) electrons. The topological polar surface area (TPSA) is 118 Å². The molecule has 1 fully saturated rings. The summed E-state index contributed by atoms with van der Waals surface area (Å²) in [5, 5.41) is 15.8. The number of rotatable bonds is 6. The summed E-state index contributed by atoms with van der Waals surface area (Å²) in [5.74, 6) is -0.938. The van der Waals surface area contributed by atoms with Gasteiger partial charge in [0.15, 0.2) is 5.03 Å². The zero-order chi connectivity index (χ0) is 23.8. The van der Waals surface area contributed by atoms with Crippen LogP contribution in [-0.2, 0) is 14.6 Å². The molecule has 0 spiro atoms. The van der Waals surface area contributed by atoms with Gasteiger partial charge in [-0.05, 0) is 47.9 Å². The molecule has 10 heteroatoms. The van der Waals surface area contributed by atoms with Crippen molar-refractivity contribution in [2.24, 2.45) is 0 Å². The van der Waals surface area contributed by atoms with Gasteiger partial charge >= 0.3 is 5.97 Å². The number of aromatic nitrogens is 1. The van der Waals surface area contributed by atoms with Gasteiger partial charge in [-0.1, -0.05) is 31.5 Å². The largest absolute Gasteiger partial charge is 0.478 e. The molecule has 4 rings (SSSR count). The predicted octanol–water partition coefficient (Wildman–Crippen LogP) is 4.17. The smallest absolute Gasteiger partial charge is 0.337 e. The van der Waals surface area contributed by atoms with E-state index in [1.165, 1.54) is 6.07 Å². The number of ether oxygens (including phenoxy) is 1. The number of hydrogen-bond donors (Lipinski definition) is 3. The van der Waals surface area contributed by atoms with Crippen LogP contribution in [0, 0.1) is 0 Å². The van der Waals surface area contributed by atoms with E-state index >= 15 is 0 Å². The summed E-state index contributed by atoms with van der Waals surface area (Å²) in [4.78, 5) is 16.3. The first-order chi connectivity index (χ1) is 15.7. The number of halogens is 1. The van der Waals surface area contributed by atoms with Gasteiger partial charge in [0.05, 0.1) is 35.7 Å². The number of carbonyl (C=O) groups is 1. The lowest BCUT2D eigenvalue weighted by Gasteiger charge is -2.24. The number of carboxylic acids is 1. The van der Waals surface area contributed by atoms with Gasteiger partial charge in [-0.2, -0.15) is 0 Å². The van der Waals surface area contributed by atoms with Gasteiger partial charge in [-0.15, -0.1) is 0 Å². The number of benzene rings is 2. The van der Waals surface area contributed by atoms with Gasteiger partial charge in [-0.25, -0.2) is 18.2 Å². The minimum atomic E-state index is -3.86. The normalized spacial score (nSPS) is 16.8. The quantitative estimate of drug-likeness (QED) is 0.472. The number of hydrogen-bond acceptors (Lipinski definition) is 7. The monoisotopic (exact) mass is 489 g/mol. The van der Waals surface area contributed by atoms with Gasteiger partial charge in [0.2, 0.25) is 9.84 Å². The van der Waals surface area contributed by atoms with Crippen molar-refractivity contribution in [2.45, 2.75) is 30.2 Å². The minimum Gasteiger partial charge on any atom is -0.478 e. The molecular weight excluding hydrogens is 466 g/mol. The molecule has 0 saturated carbocycles. The second-order valence-electron chi connectivity index (χ2n) is 8.12. The molecule has 33 heavy (non-hydrogen) atoms. The first-order valence-electron chi connectivity index (χ1n) is 10.5. The molecule has 0 bridgehead atoms. The molecule has 3 aromatic rings. The Hall–Kier alpha value is -2.72. The number of anilines is 2. The predicted molar refractivity (Wildman–Crippen MR) is 127 cm³/mol. The number of nitrogens with zero attached hydrogens (tertiary/aromatic N) is 1. The summed E-state index contributed by atoms with van der Waals surface area (Å²) in [6.07, 6.45) is 0. The van der Waals surface area contributed by atoms with E-state index in [9.17, 15) is 18.3 Å². The summed E-state index contributed by atoms with van der Waals surface area (Å²) in [5.41, 5.74) is 2.10. The standard InChI is InChI=1S/C23H24ClN3O5S/c1-13(2)14-3-5-19(17(9-14)23(28)29)26-20-11-21(27-18-6-4-15(24)10-16(18)20)33(30,31)22-12-32-8-7-25-22/h3-6,9-11,13,22,25H,7-8,12H2,1-2H3,(H,26,27)(H,28,29). The van der Waals surface area contributed by atoms with Crippen molar-refractivity contribution >= 4 is 49.7 Å². The maximum atomic E-state index is 13.2. The average Bonchev–Trinajstić information content (AvgIpc) is 2.79. The molecule has 1 unspecified atom stereocenters. The van der Waals surface area contributed by atoms with Crippen LogP contribution >= 0.6 is 11.6 Å². The molecule has 1 aliphatic rings. The number of nitrogens with one attached hydrogen (secondary N) is 2. The fraction of sp³-hybridized carbons (Fsp3) is 0.304. The minimum absolute atomic E-state index is 0.0191. The Kier molecular flexibility index (Phi) is 6.58. The van der Waals surface area contributed by atoms with Crippen LogP contribution in [0.3, 0.4) is 0 Å². The van der Waals surface area contributed by atoms with Gasteiger partial charge in [0, 0.05) is 17.0 Å². The lowest BCUT2D eigenvalue weighted by Crippen LogP contribution is -2.46. The van der Waals surface area contributed by atoms with Gasteiger partial charge in [-0.3, -0.25) is 5.32 Å². The number of carboxylic acid groups (broad SMARTS) is 1. The van der Waals surface area contributed by atoms with Crippen molar-refractivity contribution < 1.29 is 23.1 Å². The Balaban J connectivity index is 1.85. The molecular formula is C23H24ClN3O5S. The van der Waals surface area contributed by atoms with Crippen LogP contribution < -0.4 is 10.6 Å². The molecule has 1 aliphatic heterocycles. The first kappa shape index (κ1) is 23.4. The number of aromatic carboxylic acids is 1. The average molecular weight is 490 g/mol. The molecule has 2 aromatic carbocycles. The second-order valence-corrected chi connectivity index (χ2v) is 10.6. The van der Waals surface area contributed by atoms with Gasteiger partial charge < -0.3 is 15.2 Å². The van der Waals surface area contributed by atoms with E-state index < -0.39 is 21.2 Å². The zero-order valence-corrected chi connectivity index (χ0v) is 19.7. The molecule has 1 aromatic heterocycles. The fourth-order valence-electron chi connectivity index (χ4n) is 3.66. The van der Waals surface area contributed by atoms with Crippen LogP contribution in [0.1, 0.15) is 35.7 Å². The van der Waals surface area contributed by atoms with Crippen molar-refractivity contribution in [1.82, 2.24) is 10.3 Å². The Morgan fingerprint density at radius 1 is 1.21 bits per heavy atom. The molecule has 1 atom stereocenters. The zero-order valence-electron chi connectivity index (χ0n) is 18.1. The molecule has 174 valence electrons. The highest BCUT2D eigenvalue weighted by Crippen LogP contribution is 2.33. The summed E-state index contributed by atoms with van der Waals surface area (Å²) in [7, 11) is -3.86. The van der Waals surface area contributed by atoms with Crippen LogP contribution in [0.15, 0.2) is 47.5 Å². The Bertz CT molecular complexity index is 1320. The van der Waals surface area contributed by atoms with Crippen molar-refractivity contribution in [3.63, 3.8) is 0 Å². The summed E-state index contributed by atoms with van der Waals surface area (Å²) in [6, 6.07) is 11.5. The van der Waals surface area contributed by atoms with Gasteiger partial charge in [0.1, 0.15) is 5.37 Å². The highest BCUT2D eigenvalue weighted by atomic mass is 35.5. The number of sulfone groups is 1. The summed E-state index contributed by atoms with van der Waals surface area (Å²) < 4.78 is 31.8. The summed E-state index contributed by atoms with van der Waals surface area (Å²) >= 11 is 6.19. The molecule has 0 amide bonds. The first-order valence-corrected chi connectivity index (χ1v) is 12.4. The van der Waals surface area contributed by atoms with E-state index in [-0.39, 0.29) is 23.1 Å². The van der Waals surface area contributed by atoms with Crippen LogP contribution in [0.2, 0.25) is 5.02 Å². The number of morpholine rings is 1. The Morgan fingerprint density at radius 3 is 2.67 bits per heavy atom. The maximum absolute atomic E-state index is 13.2. The highest BCUT2D eigenvalue weighted by molar-refractivity contribution is 7.92. The van der Waals surface area contributed by atoms with Crippen molar-refractivity contribution in [2.75, 3.05) is 25.1 Å². The van der Waals surface area contributed by atoms with Crippen LogP contribution in [0.5, 0.6) is 0 Å². The molecule has 1 saturated heterocycles. The highest BCUT2D eigenvalue weighted by Gasteiger charge is 2.31. The van der Waals surface area contributed by atoms with Crippen molar-refractivity contribution in [3.8, 4) is 0 Å². The van der Waals surface area contributed by atoms with E-state index in [1.807, 2.05) is 19.9 Å². The number of pyridine rings is 1. The van der Waals surface area contributed by atoms with E-state index in [1.54, 1.807) is 30.3 Å². The fourth-order valence-corrected chi connectivity index (χ4v) is 5.25. The lowest BCUT2D eigenvalue weighted by molar-refractivity contribution is 0.0698. The third kappa shape index (κ3) is 4.81. The molecule has 0 aliphatic carbocycles. The lowest BCUT2D eigenvalue weighted by atomic mass is 9.99. The van der Waals surface area contributed by atoms with Crippen LogP contribution in [0.25, 0.3) is 10.9 Å². The molecule has 3 N–H and O–H groups in total. The maximum Gasteiger partial charge on any atom is 0.337 e. The third-order valence-corrected chi connectivity index (χ3v) is 7.59. The third-order valence-electron chi connectivity index (χ3n) is 5.51. The van der Waals surface area contributed by atoms with Crippen molar-refractivity contribution in [3.05, 3.63) is 58.6 Å². The SMILES string of the molecule is CC(C)c1ccc(Nc2cc(S(=O)(=O)C3COCCN3)nc3ccc(Cl)cc23)c(C(=O)O)c1. The number of fused-ring (bicyclic) bond motifs is 1. The molecule has 2 heterocycles. The summed E-state index contributed by atoms with van der Waals surface area (Å²) in [6.45, 7) is 4.83. The van der Waals surface area contributed by atoms with Crippen molar-refractivity contribution in [1.29, 1.82) is 0 Å². The van der Waals surface area contributed by atoms with E-state index in [4.69, 9.17) is 16.3 Å². The Morgan fingerprint density at radius 2 is 2.00 bits per heavy atom. The second kappa shape index (κ2) is 9.26. The van der Waals surface area contributed by atoms with Crippen LogP contribution in [-0.4, -0.2) is 49.6 Å². The van der Waals surface area contributed by atoms with Crippen LogP contribution in [0.4, 0.5) is 11.4 Å². The molecule has 8 nitrogen and oxygen atoms in total. The van der Waals surface area contributed by atoms with E-state index in [0.29, 0.717) is 40.5 Å².